The zero-order chi connectivity index (χ0) is 19.3. The smallest absolute Gasteiger partial charge is 0.276 e. The number of aromatic nitrogens is 3. The van der Waals surface area contributed by atoms with Gasteiger partial charge in [-0.1, -0.05) is 5.21 Å². The van der Waals surface area contributed by atoms with Crippen LogP contribution in [-0.2, 0) is 0 Å². The van der Waals surface area contributed by atoms with Gasteiger partial charge in [-0.3, -0.25) is 4.79 Å². The number of nitrogens with zero attached hydrogens (tertiary/aromatic N) is 4. The summed E-state index contributed by atoms with van der Waals surface area (Å²) in [5, 5.41) is 12.1. The number of amides is 1. The Hall–Kier alpha value is -2.32. The van der Waals surface area contributed by atoms with Crippen LogP contribution in [0.2, 0.25) is 0 Å². The first-order valence-corrected chi connectivity index (χ1v) is 9.95. The van der Waals surface area contributed by atoms with Gasteiger partial charge >= 0.3 is 0 Å². The molecule has 5 rings (SSSR count). The minimum atomic E-state index is -0.0624. The number of rotatable bonds is 3. The highest BCUT2D eigenvalue weighted by Crippen LogP contribution is 2.33. The van der Waals surface area contributed by atoms with Crippen molar-refractivity contribution in [2.45, 2.75) is 50.7 Å². The number of piperidine rings is 1. The third kappa shape index (κ3) is 3.55. The maximum atomic E-state index is 13.1. The fraction of sp³-hybridized carbons (Fsp3) is 0.550. The van der Waals surface area contributed by atoms with E-state index in [1.807, 2.05) is 37.1 Å². The normalized spacial score (nSPS) is 24.7. The second-order valence-corrected chi connectivity index (χ2v) is 7.94. The summed E-state index contributed by atoms with van der Waals surface area (Å²) in [5.41, 5.74) is 1.93. The zero-order valence-corrected chi connectivity index (χ0v) is 17.4. The summed E-state index contributed by atoms with van der Waals surface area (Å²) >= 11 is 0. The van der Waals surface area contributed by atoms with Crippen LogP contribution < -0.4 is 14.8 Å². The summed E-state index contributed by atoms with van der Waals surface area (Å²) in [5.74, 6) is 1.35. The van der Waals surface area contributed by atoms with Crippen LogP contribution in [0.3, 0.4) is 0 Å². The molecule has 2 aromatic rings. The van der Waals surface area contributed by atoms with Gasteiger partial charge < -0.3 is 19.7 Å². The molecule has 0 saturated carbocycles. The van der Waals surface area contributed by atoms with E-state index in [0.29, 0.717) is 36.7 Å². The first-order chi connectivity index (χ1) is 13.6. The monoisotopic (exact) mass is 419 g/mol. The number of halogens is 1. The molecule has 1 aromatic heterocycles. The van der Waals surface area contributed by atoms with E-state index in [-0.39, 0.29) is 24.4 Å². The van der Waals surface area contributed by atoms with E-state index in [4.69, 9.17) is 9.47 Å². The van der Waals surface area contributed by atoms with Crippen molar-refractivity contribution in [3.05, 3.63) is 29.6 Å². The van der Waals surface area contributed by atoms with Crippen molar-refractivity contribution in [2.75, 3.05) is 20.3 Å². The molecule has 0 radical (unpaired) electrons. The van der Waals surface area contributed by atoms with Crippen molar-refractivity contribution < 1.29 is 14.3 Å². The lowest BCUT2D eigenvalue weighted by Gasteiger charge is -2.35. The number of carbonyl (C=O) groups is 1. The predicted molar refractivity (Wildman–Crippen MR) is 109 cm³/mol. The van der Waals surface area contributed by atoms with Crippen molar-refractivity contribution in [1.82, 2.24) is 25.2 Å². The number of ether oxygens (including phenoxy) is 2. The van der Waals surface area contributed by atoms with E-state index in [1.165, 1.54) is 12.8 Å². The highest BCUT2D eigenvalue weighted by molar-refractivity contribution is 5.93. The second-order valence-electron chi connectivity index (χ2n) is 7.94. The minimum Gasteiger partial charge on any atom is -0.486 e. The zero-order valence-electron chi connectivity index (χ0n) is 16.6. The van der Waals surface area contributed by atoms with Crippen LogP contribution in [0, 0.1) is 6.92 Å². The van der Waals surface area contributed by atoms with Crippen LogP contribution in [0.25, 0.3) is 5.69 Å². The Balaban J connectivity index is 0.00000205. The molecule has 0 aliphatic carbocycles. The maximum Gasteiger partial charge on any atom is 0.276 e. The Morgan fingerprint density at radius 3 is 2.59 bits per heavy atom. The van der Waals surface area contributed by atoms with Gasteiger partial charge in [0.05, 0.1) is 11.4 Å². The lowest BCUT2D eigenvalue weighted by molar-refractivity contribution is 0.0675. The number of hydrogen-bond donors (Lipinski definition) is 1. The number of nitrogens with one attached hydrogen (secondary N) is 1. The summed E-state index contributed by atoms with van der Waals surface area (Å²) in [4.78, 5) is 15.0. The van der Waals surface area contributed by atoms with Gasteiger partial charge in [0.15, 0.2) is 17.2 Å². The molecule has 1 amide bonds. The predicted octanol–water partition coefficient (Wildman–Crippen LogP) is 2.12. The van der Waals surface area contributed by atoms with Gasteiger partial charge in [0.2, 0.25) is 0 Å². The molecule has 1 aromatic carbocycles. The molecule has 2 atom stereocenters. The van der Waals surface area contributed by atoms with Crippen LogP contribution in [0.1, 0.15) is 41.9 Å². The van der Waals surface area contributed by atoms with Crippen LogP contribution in [-0.4, -0.2) is 64.2 Å². The van der Waals surface area contributed by atoms with Crippen molar-refractivity contribution in [3.63, 3.8) is 0 Å². The van der Waals surface area contributed by atoms with E-state index in [2.05, 4.69) is 15.6 Å². The third-order valence-electron chi connectivity index (χ3n) is 6.18. The molecule has 2 bridgehead atoms. The van der Waals surface area contributed by atoms with E-state index < -0.39 is 0 Å². The molecular weight excluding hydrogens is 394 g/mol. The van der Waals surface area contributed by atoms with Gasteiger partial charge in [-0.25, -0.2) is 4.68 Å². The number of benzene rings is 1. The molecule has 9 heteroatoms. The highest BCUT2D eigenvalue weighted by Gasteiger charge is 2.37. The van der Waals surface area contributed by atoms with Gasteiger partial charge in [0.1, 0.15) is 13.2 Å². The van der Waals surface area contributed by atoms with Crippen LogP contribution in [0.5, 0.6) is 11.5 Å². The standard InChI is InChI=1S/C20H25N5O3.ClH/c1-12-19(20(26)24(2)16-9-13-3-4-14(10-16)21-13)22-23-25(12)15-5-6-17-18(11-15)28-8-7-27-17;/h5-6,11,13-14,16,21H,3-4,7-10H2,1-2H3;1H. The van der Waals surface area contributed by atoms with Crippen molar-refractivity contribution in [2.24, 2.45) is 0 Å². The molecule has 2 saturated heterocycles. The van der Waals surface area contributed by atoms with Crippen molar-refractivity contribution in [1.29, 1.82) is 0 Å². The molecule has 3 aliphatic heterocycles. The summed E-state index contributed by atoms with van der Waals surface area (Å²) in [6.07, 6.45) is 4.44. The topological polar surface area (TPSA) is 81.5 Å². The Morgan fingerprint density at radius 2 is 1.86 bits per heavy atom. The fourth-order valence-corrected chi connectivity index (χ4v) is 4.61. The first-order valence-electron chi connectivity index (χ1n) is 9.95. The first kappa shape index (κ1) is 20.0. The van der Waals surface area contributed by atoms with Gasteiger partial charge in [-0.05, 0) is 44.7 Å². The average molecular weight is 420 g/mol. The molecule has 1 N–H and O–H groups in total. The van der Waals surface area contributed by atoms with Gasteiger partial charge in [0.25, 0.3) is 5.91 Å². The number of carbonyl (C=O) groups excluding carboxylic acids is 1. The van der Waals surface area contributed by atoms with E-state index in [1.54, 1.807) is 4.68 Å². The molecule has 2 fully saturated rings. The van der Waals surface area contributed by atoms with Crippen molar-refractivity contribution >= 4 is 18.3 Å². The third-order valence-corrected chi connectivity index (χ3v) is 6.18. The maximum absolute atomic E-state index is 13.1. The van der Waals surface area contributed by atoms with Crippen LogP contribution >= 0.6 is 12.4 Å². The SMILES string of the molecule is Cc1c(C(=O)N(C)C2CC3CCC(C2)N3)nnn1-c1ccc2c(c1)OCCO2.Cl. The quantitative estimate of drug-likeness (QED) is 0.820. The van der Waals surface area contributed by atoms with Crippen LogP contribution in [0.4, 0.5) is 0 Å². The lowest BCUT2D eigenvalue weighted by atomic mass is 9.98. The number of fused-ring (bicyclic) bond motifs is 3. The van der Waals surface area contributed by atoms with Crippen LogP contribution in [0.15, 0.2) is 18.2 Å². The van der Waals surface area contributed by atoms with E-state index >= 15 is 0 Å². The molecule has 0 spiro atoms. The van der Waals surface area contributed by atoms with Gasteiger partial charge in [0, 0.05) is 31.2 Å². The molecule has 29 heavy (non-hydrogen) atoms. The van der Waals surface area contributed by atoms with Crippen molar-refractivity contribution in [3.8, 4) is 17.2 Å². The Morgan fingerprint density at radius 1 is 1.17 bits per heavy atom. The lowest BCUT2D eigenvalue weighted by Crippen LogP contribution is -2.48. The van der Waals surface area contributed by atoms with E-state index in [9.17, 15) is 4.79 Å². The molecule has 3 aliphatic rings. The molecule has 4 heterocycles. The Kier molecular flexibility index (Phi) is 5.40. The Bertz CT molecular complexity index is 906. The Labute approximate surface area is 175 Å². The molecular formula is C20H26ClN5O3. The van der Waals surface area contributed by atoms with Gasteiger partial charge in [-0.15, -0.1) is 17.5 Å². The molecule has 2 unspecified atom stereocenters. The summed E-state index contributed by atoms with van der Waals surface area (Å²) in [6.45, 7) is 2.96. The average Bonchev–Trinajstić information content (AvgIpc) is 3.27. The van der Waals surface area contributed by atoms with E-state index in [0.717, 1.165) is 30.0 Å². The highest BCUT2D eigenvalue weighted by atomic mass is 35.5. The molecule has 8 nitrogen and oxygen atoms in total. The number of hydrogen-bond acceptors (Lipinski definition) is 6. The summed E-state index contributed by atoms with van der Waals surface area (Å²) < 4.78 is 12.9. The molecule has 156 valence electrons. The van der Waals surface area contributed by atoms with Gasteiger partial charge in [-0.2, -0.15) is 0 Å². The summed E-state index contributed by atoms with van der Waals surface area (Å²) in [7, 11) is 1.89. The largest absolute Gasteiger partial charge is 0.486 e. The summed E-state index contributed by atoms with van der Waals surface area (Å²) in [6, 6.07) is 6.96. The fourth-order valence-electron chi connectivity index (χ4n) is 4.61. The second kappa shape index (κ2) is 7.84. The minimum absolute atomic E-state index is 0.